The van der Waals surface area contributed by atoms with Gasteiger partial charge in [-0.1, -0.05) is 0 Å². The maximum atomic E-state index is 11.9. The van der Waals surface area contributed by atoms with Crippen LogP contribution in [-0.2, 0) is 14.3 Å². The van der Waals surface area contributed by atoms with E-state index in [1.165, 1.54) is 0 Å². The average molecular weight is 388 g/mol. The highest BCUT2D eigenvalue weighted by Crippen LogP contribution is 2.29. The number of carbonyl (C=O) groups excluding carboxylic acids is 2. The second-order valence-electron chi connectivity index (χ2n) is 6.16. The van der Waals surface area contributed by atoms with E-state index in [-0.39, 0.29) is 31.8 Å². The van der Waals surface area contributed by atoms with Crippen molar-refractivity contribution >= 4 is 11.9 Å². The highest BCUT2D eigenvalue weighted by atomic mass is 16.6. The molecule has 2 heterocycles. The molecule has 0 bridgehead atoms. The zero-order valence-corrected chi connectivity index (χ0v) is 14.4. The Morgan fingerprint density at radius 3 is 2.63 bits per heavy atom. The molecular weight excluding hydrogens is 364 g/mol. The van der Waals surface area contributed by atoms with E-state index in [9.17, 15) is 24.9 Å². The minimum Gasteiger partial charge on any atom is -0.462 e. The van der Waals surface area contributed by atoms with E-state index >= 15 is 0 Å². The fraction of sp³-hybridized carbons (Fsp3) is 0.714. The van der Waals surface area contributed by atoms with Gasteiger partial charge in [-0.2, -0.15) is 0 Å². The van der Waals surface area contributed by atoms with E-state index in [1.807, 2.05) is 0 Å². The largest absolute Gasteiger partial charge is 0.462 e. The molecular formula is C14H24N6O7. The molecule has 0 saturated carbocycles. The zero-order valence-electron chi connectivity index (χ0n) is 14.4. The van der Waals surface area contributed by atoms with Crippen LogP contribution in [0.5, 0.6) is 0 Å². The molecule has 1 saturated heterocycles. The molecule has 1 aromatic rings. The minimum atomic E-state index is -1.40. The van der Waals surface area contributed by atoms with Gasteiger partial charge in [0, 0.05) is 6.54 Å². The Bertz CT molecular complexity index is 656. The summed E-state index contributed by atoms with van der Waals surface area (Å²) in [5, 5.41) is 33.3. The molecule has 2 rings (SSSR count). The van der Waals surface area contributed by atoms with E-state index < -0.39 is 48.6 Å². The lowest BCUT2D eigenvalue weighted by atomic mass is 10.1. The van der Waals surface area contributed by atoms with Crippen LogP contribution in [0.1, 0.15) is 29.7 Å². The van der Waals surface area contributed by atoms with Gasteiger partial charge in [0.25, 0.3) is 5.91 Å². The Hall–Kier alpha value is -2.16. The van der Waals surface area contributed by atoms with Gasteiger partial charge >= 0.3 is 5.97 Å². The Kier molecular flexibility index (Phi) is 7.18. The van der Waals surface area contributed by atoms with Crippen LogP contribution in [-0.4, -0.2) is 85.6 Å². The van der Waals surface area contributed by atoms with Crippen LogP contribution in [0, 0.1) is 0 Å². The SMILES string of the molecule is NC[C@H](O)CC[C@H](N)C(=O)OC[C@H]1O[C@@H](n2cnc(C(N)=O)n2)[C@H](O)[C@@H]1O. The summed E-state index contributed by atoms with van der Waals surface area (Å²) in [7, 11) is 0. The number of amides is 1. The lowest BCUT2D eigenvalue weighted by Gasteiger charge is -2.17. The minimum absolute atomic E-state index is 0.0584. The van der Waals surface area contributed by atoms with Gasteiger partial charge in [-0.3, -0.25) is 9.59 Å². The molecule has 9 N–H and O–H groups in total. The summed E-state index contributed by atoms with van der Waals surface area (Å²) in [4.78, 5) is 26.6. The molecule has 1 aromatic heterocycles. The van der Waals surface area contributed by atoms with E-state index in [0.29, 0.717) is 0 Å². The van der Waals surface area contributed by atoms with Crippen LogP contribution >= 0.6 is 0 Å². The molecule has 27 heavy (non-hydrogen) atoms. The van der Waals surface area contributed by atoms with Gasteiger partial charge in [0.05, 0.1) is 6.10 Å². The number of hydrogen-bond donors (Lipinski definition) is 6. The van der Waals surface area contributed by atoms with E-state index in [1.54, 1.807) is 0 Å². The third-order valence-electron chi connectivity index (χ3n) is 4.10. The summed E-state index contributed by atoms with van der Waals surface area (Å²) < 4.78 is 11.5. The summed E-state index contributed by atoms with van der Waals surface area (Å²) in [6.07, 6.45) is -4.18. The topological polar surface area (TPSA) is 222 Å². The van der Waals surface area contributed by atoms with Gasteiger partial charge in [-0.15, -0.1) is 5.10 Å². The Morgan fingerprint density at radius 2 is 2.04 bits per heavy atom. The highest BCUT2D eigenvalue weighted by molar-refractivity contribution is 5.88. The molecule has 152 valence electrons. The predicted molar refractivity (Wildman–Crippen MR) is 87.7 cm³/mol. The van der Waals surface area contributed by atoms with Gasteiger partial charge in [0.2, 0.25) is 5.82 Å². The number of carbonyl (C=O) groups is 2. The number of aromatic nitrogens is 3. The zero-order chi connectivity index (χ0) is 20.1. The molecule has 1 fully saturated rings. The molecule has 0 radical (unpaired) electrons. The maximum absolute atomic E-state index is 11.9. The van der Waals surface area contributed by atoms with Crippen molar-refractivity contribution < 1.29 is 34.4 Å². The first kappa shape index (κ1) is 21.1. The fourth-order valence-electron chi connectivity index (χ4n) is 2.47. The molecule has 6 atom stereocenters. The normalized spacial score (nSPS) is 27.3. The van der Waals surface area contributed by atoms with Gasteiger partial charge in [0.1, 0.15) is 37.3 Å². The molecule has 1 aliphatic rings. The van der Waals surface area contributed by atoms with Crippen LogP contribution < -0.4 is 17.2 Å². The summed E-state index contributed by atoms with van der Waals surface area (Å²) >= 11 is 0. The summed E-state index contributed by atoms with van der Waals surface area (Å²) in [5.41, 5.74) is 16.0. The number of hydrogen-bond acceptors (Lipinski definition) is 11. The Labute approximate surface area is 154 Å². The number of aliphatic hydroxyl groups excluding tert-OH is 3. The van der Waals surface area contributed by atoms with Crippen LogP contribution in [0.2, 0.25) is 0 Å². The highest BCUT2D eigenvalue weighted by Gasteiger charge is 2.45. The Balaban J connectivity index is 1.88. The van der Waals surface area contributed by atoms with Crippen molar-refractivity contribution in [3.8, 4) is 0 Å². The number of nitrogens with two attached hydrogens (primary N) is 3. The number of rotatable bonds is 9. The lowest BCUT2D eigenvalue weighted by Crippen LogP contribution is -2.38. The van der Waals surface area contributed by atoms with E-state index in [0.717, 1.165) is 11.0 Å². The number of nitrogens with zero attached hydrogens (tertiary/aromatic N) is 3. The molecule has 0 aromatic carbocycles. The summed E-state index contributed by atoms with van der Waals surface area (Å²) in [6.45, 7) is -0.305. The average Bonchev–Trinajstić information content (AvgIpc) is 3.24. The first-order valence-electron chi connectivity index (χ1n) is 8.27. The van der Waals surface area contributed by atoms with Gasteiger partial charge in [0.15, 0.2) is 6.23 Å². The van der Waals surface area contributed by atoms with Crippen molar-refractivity contribution in [2.75, 3.05) is 13.2 Å². The van der Waals surface area contributed by atoms with Crippen molar-refractivity contribution in [1.29, 1.82) is 0 Å². The quantitative estimate of drug-likeness (QED) is 0.223. The summed E-state index contributed by atoms with van der Waals surface area (Å²) in [6, 6.07) is -0.973. The first-order valence-corrected chi connectivity index (χ1v) is 8.27. The third kappa shape index (κ3) is 5.18. The number of ether oxygens (including phenoxy) is 2. The molecule has 0 spiro atoms. The third-order valence-corrected chi connectivity index (χ3v) is 4.10. The molecule has 13 heteroatoms. The van der Waals surface area contributed by atoms with Gasteiger partial charge in [-0.05, 0) is 12.8 Å². The molecule has 1 amide bonds. The van der Waals surface area contributed by atoms with Crippen LogP contribution in [0.3, 0.4) is 0 Å². The van der Waals surface area contributed by atoms with Crippen molar-refractivity contribution in [2.24, 2.45) is 17.2 Å². The van der Waals surface area contributed by atoms with Crippen molar-refractivity contribution in [3.63, 3.8) is 0 Å². The summed E-state index contributed by atoms with van der Waals surface area (Å²) in [5.74, 6) is -1.88. The van der Waals surface area contributed by atoms with Crippen LogP contribution in [0.25, 0.3) is 0 Å². The molecule has 1 aliphatic heterocycles. The number of primary amides is 1. The fourth-order valence-corrected chi connectivity index (χ4v) is 2.47. The number of esters is 1. The molecule has 0 aliphatic carbocycles. The number of aliphatic hydroxyl groups is 3. The van der Waals surface area contributed by atoms with Gasteiger partial charge in [-0.25, -0.2) is 9.67 Å². The van der Waals surface area contributed by atoms with Crippen molar-refractivity contribution in [1.82, 2.24) is 14.8 Å². The second-order valence-corrected chi connectivity index (χ2v) is 6.16. The molecule has 13 nitrogen and oxygen atoms in total. The second kappa shape index (κ2) is 9.16. The van der Waals surface area contributed by atoms with E-state index in [2.05, 4.69) is 10.1 Å². The van der Waals surface area contributed by atoms with E-state index in [4.69, 9.17) is 26.7 Å². The Morgan fingerprint density at radius 1 is 1.33 bits per heavy atom. The van der Waals surface area contributed by atoms with Crippen molar-refractivity contribution in [2.45, 2.75) is 49.5 Å². The first-order chi connectivity index (χ1) is 12.7. The lowest BCUT2D eigenvalue weighted by molar-refractivity contribution is -0.152. The van der Waals surface area contributed by atoms with Gasteiger partial charge < -0.3 is 42.0 Å². The van der Waals surface area contributed by atoms with Crippen LogP contribution in [0.4, 0.5) is 0 Å². The standard InChI is InChI=1S/C14H24N6O7/c15-3-6(21)1-2-7(16)14(25)26-4-8-9(22)10(23)13(27-8)20-5-18-12(19-20)11(17)24/h5-10,13,21-23H,1-4,15-16H2,(H2,17,24)/t6-,7+,8-,9-,10-,13-/m1/s1. The van der Waals surface area contributed by atoms with Crippen LogP contribution in [0.15, 0.2) is 6.33 Å². The monoisotopic (exact) mass is 388 g/mol. The smallest absolute Gasteiger partial charge is 0.323 e. The predicted octanol–water partition coefficient (Wildman–Crippen LogP) is -4.03. The molecule has 0 unspecified atom stereocenters. The maximum Gasteiger partial charge on any atom is 0.323 e. The van der Waals surface area contributed by atoms with Crippen molar-refractivity contribution in [3.05, 3.63) is 12.2 Å².